The Morgan fingerprint density at radius 2 is 1.85 bits per heavy atom. The van der Waals surface area contributed by atoms with Gasteiger partial charge in [0.05, 0.1) is 6.54 Å². The number of nitrogens with one attached hydrogen (secondary N) is 1. The van der Waals surface area contributed by atoms with Gasteiger partial charge in [-0.15, -0.1) is 0 Å². The molecule has 0 aliphatic carbocycles. The van der Waals surface area contributed by atoms with Gasteiger partial charge in [0, 0.05) is 25.7 Å². The minimum atomic E-state index is -0.413. The van der Waals surface area contributed by atoms with E-state index >= 15 is 0 Å². The smallest absolute Gasteiger partial charge is 0.332 e. The summed E-state index contributed by atoms with van der Waals surface area (Å²) < 4.78 is 4.27. The predicted molar refractivity (Wildman–Crippen MR) is 103 cm³/mol. The standard InChI is InChI=1S/C17H21ClN6O2/c1-22-13-14(21-16(22)20-9-3-8-19)23(2)17(26)24(15(13)25)10-11-4-6-12(18)7-5-11/h4-7H,3,8-10,19H2,1-2H3,(H,20,21). The summed E-state index contributed by atoms with van der Waals surface area (Å²) in [4.78, 5) is 30.0. The van der Waals surface area contributed by atoms with E-state index in [1.165, 1.54) is 9.13 Å². The van der Waals surface area contributed by atoms with Gasteiger partial charge in [-0.1, -0.05) is 23.7 Å². The van der Waals surface area contributed by atoms with Crippen molar-refractivity contribution >= 4 is 28.7 Å². The Morgan fingerprint density at radius 1 is 1.15 bits per heavy atom. The van der Waals surface area contributed by atoms with Crippen molar-refractivity contribution in [3.63, 3.8) is 0 Å². The number of aromatic nitrogens is 4. The predicted octanol–water partition coefficient (Wildman–Crippen LogP) is 0.896. The summed E-state index contributed by atoms with van der Waals surface area (Å²) in [5.74, 6) is 0.532. The number of anilines is 1. The lowest BCUT2D eigenvalue weighted by molar-refractivity contribution is 0.655. The number of fused-ring (bicyclic) bond motifs is 1. The first kappa shape index (κ1) is 18.2. The van der Waals surface area contributed by atoms with Crippen molar-refractivity contribution < 1.29 is 0 Å². The minimum Gasteiger partial charge on any atom is -0.356 e. The number of hydrogen-bond acceptors (Lipinski definition) is 5. The maximum Gasteiger partial charge on any atom is 0.332 e. The van der Waals surface area contributed by atoms with Crippen molar-refractivity contribution in [3.8, 4) is 0 Å². The van der Waals surface area contributed by atoms with E-state index in [2.05, 4.69) is 10.3 Å². The van der Waals surface area contributed by atoms with Crippen LogP contribution in [0, 0.1) is 0 Å². The molecule has 3 rings (SSSR count). The summed E-state index contributed by atoms with van der Waals surface area (Å²) in [5.41, 5.74) is 6.25. The Bertz CT molecular complexity index is 1050. The molecule has 2 heterocycles. The van der Waals surface area contributed by atoms with Crippen molar-refractivity contribution in [1.82, 2.24) is 18.7 Å². The molecule has 0 aliphatic rings. The third kappa shape index (κ3) is 3.25. The van der Waals surface area contributed by atoms with Crippen LogP contribution in [-0.2, 0) is 20.6 Å². The largest absolute Gasteiger partial charge is 0.356 e. The third-order valence-corrected chi connectivity index (χ3v) is 4.53. The lowest BCUT2D eigenvalue weighted by Crippen LogP contribution is -2.39. The van der Waals surface area contributed by atoms with Crippen molar-refractivity contribution in [3.05, 3.63) is 55.7 Å². The van der Waals surface area contributed by atoms with Gasteiger partial charge in [0.25, 0.3) is 5.56 Å². The normalized spacial score (nSPS) is 11.2. The average Bonchev–Trinajstić information content (AvgIpc) is 2.96. The molecule has 9 heteroatoms. The van der Waals surface area contributed by atoms with E-state index in [4.69, 9.17) is 17.3 Å². The van der Waals surface area contributed by atoms with Crippen LogP contribution in [-0.4, -0.2) is 31.8 Å². The van der Waals surface area contributed by atoms with Crippen LogP contribution in [0.2, 0.25) is 5.02 Å². The van der Waals surface area contributed by atoms with Gasteiger partial charge in [-0.3, -0.25) is 13.9 Å². The molecule has 0 saturated heterocycles. The maximum absolute atomic E-state index is 13.0. The van der Waals surface area contributed by atoms with E-state index in [1.807, 2.05) is 0 Å². The zero-order valence-corrected chi connectivity index (χ0v) is 15.5. The summed E-state index contributed by atoms with van der Waals surface area (Å²) in [6.45, 7) is 1.36. The first-order chi connectivity index (χ1) is 12.4. The SMILES string of the molecule is Cn1c(NCCCN)nc2c1c(=O)n(Cc1ccc(Cl)cc1)c(=O)n2C. The third-order valence-electron chi connectivity index (χ3n) is 4.28. The van der Waals surface area contributed by atoms with Gasteiger partial charge in [-0.2, -0.15) is 4.98 Å². The van der Waals surface area contributed by atoms with Crippen molar-refractivity contribution in [1.29, 1.82) is 0 Å². The van der Waals surface area contributed by atoms with Crippen LogP contribution in [0.25, 0.3) is 11.2 Å². The van der Waals surface area contributed by atoms with Gasteiger partial charge in [-0.05, 0) is 30.7 Å². The highest BCUT2D eigenvalue weighted by Crippen LogP contribution is 2.14. The quantitative estimate of drug-likeness (QED) is 0.622. The molecule has 1 aromatic carbocycles. The summed E-state index contributed by atoms with van der Waals surface area (Å²) in [5, 5.41) is 3.75. The second-order valence-electron chi connectivity index (χ2n) is 6.10. The summed E-state index contributed by atoms with van der Waals surface area (Å²) in [6.07, 6.45) is 0.781. The molecule has 0 radical (unpaired) electrons. The Kier molecular flexibility index (Phi) is 5.15. The highest BCUT2D eigenvalue weighted by Gasteiger charge is 2.18. The number of imidazole rings is 1. The van der Waals surface area contributed by atoms with Crippen molar-refractivity contribution in [2.75, 3.05) is 18.4 Å². The van der Waals surface area contributed by atoms with Crippen molar-refractivity contribution in [2.45, 2.75) is 13.0 Å². The Morgan fingerprint density at radius 3 is 2.50 bits per heavy atom. The lowest BCUT2D eigenvalue weighted by Gasteiger charge is -2.09. The molecule has 0 atom stereocenters. The number of benzene rings is 1. The molecule has 3 aromatic rings. The molecular weight excluding hydrogens is 356 g/mol. The molecular formula is C17H21ClN6O2. The van der Waals surface area contributed by atoms with Crippen LogP contribution in [0.15, 0.2) is 33.9 Å². The van der Waals surface area contributed by atoms with Crippen LogP contribution in [0.5, 0.6) is 0 Å². The first-order valence-corrected chi connectivity index (χ1v) is 8.66. The summed E-state index contributed by atoms with van der Waals surface area (Å²) in [7, 11) is 3.36. The number of hydrogen-bond donors (Lipinski definition) is 2. The Balaban J connectivity index is 2.10. The highest BCUT2D eigenvalue weighted by molar-refractivity contribution is 6.30. The summed E-state index contributed by atoms with van der Waals surface area (Å²) in [6, 6.07) is 7.05. The average molecular weight is 377 g/mol. The molecule has 0 spiro atoms. The fourth-order valence-electron chi connectivity index (χ4n) is 2.82. The molecule has 0 saturated carbocycles. The van der Waals surface area contributed by atoms with E-state index < -0.39 is 5.69 Å². The van der Waals surface area contributed by atoms with Gasteiger partial charge in [0.15, 0.2) is 11.2 Å². The van der Waals surface area contributed by atoms with E-state index in [9.17, 15) is 9.59 Å². The molecule has 3 N–H and O–H groups in total. The zero-order chi connectivity index (χ0) is 18.8. The fraction of sp³-hybridized carbons (Fsp3) is 0.353. The fourth-order valence-corrected chi connectivity index (χ4v) is 2.94. The van der Waals surface area contributed by atoms with Gasteiger partial charge in [-0.25, -0.2) is 4.79 Å². The molecule has 8 nitrogen and oxygen atoms in total. The number of nitrogens with zero attached hydrogens (tertiary/aromatic N) is 4. The highest BCUT2D eigenvalue weighted by atomic mass is 35.5. The van der Waals surface area contributed by atoms with Gasteiger partial charge in [0.2, 0.25) is 5.95 Å². The van der Waals surface area contributed by atoms with E-state index in [0.29, 0.717) is 35.2 Å². The summed E-state index contributed by atoms with van der Waals surface area (Å²) >= 11 is 5.90. The minimum absolute atomic E-state index is 0.166. The van der Waals surface area contributed by atoms with Gasteiger partial charge >= 0.3 is 5.69 Å². The number of rotatable bonds is 6. The van der Waals surface area contributed by atoms with E-state index in [0.717, 1.165) is 12.0 Å². The molecule has 26 heavy (non-hydrogen) atoms. The molecule has 0 unspecified atom stereocenters. The zero-order valence-electron chi connectivity index (χ0n) is 14.7. The second kappa shape index (κ2) is 7.35. The van der Waals surface area contributed by atoms with E-state index in [-0.39, 0.29) is 12.1 Å². The molecule has 2 aromatic heterocycles. The Hall–Kier alpha value is -2.58. The Labute approximate surface area is 154 Å². The van der Waals surface area contributed by atoms with Crippen LogP contribution >= 0.6 is 11.6 Å². The van der Waals surface area contributed by atoms with Crippen LogP contribution < -0.4 is 22.3 Å². The molecule has 0 bridgehead atoms. The van der Waals surface area contributed by atoms with Gasteiger partial charge < -0.3 is 15.6 Å². The lowest BCUT2D eigenvalue weighted by atomic mass is 10.2. The molecule has 138 valence electrons. The molecule has 0 aliphatic heterocycles. The van der Waals surface area contributed by atoms with Crippen molar-refractivity contribution in [2.24, 2.45) is 19.8 Å². The van der Waals surface area contributed by atoms with Crippen LogP contribution in [0.1, 0.15) is 12.0 Å². The first-order valence-electron chi connectivity index (χ1n) is 8.28. The number of halogens is 1. The maximum atomic E-state index is 13.0. The second-order valence-corrected chi connectivity index (χ2v) is 6.53. The van der Waals surface area contributed by atoms with Crippen LogP contribution in [0.3, 0.4) is 0 Å². The topological polar surface area (TPSA) is 99.9 Å². The van der Waals surface area contributed by atoms with Crippen LogP contribution in [0.4, 0.5) is 5.95 Å². The number of nitrogens with two attached hydrogens (primary N) is 1. The molecule has 0 amide bonds. The van der Waals surface area contributed by atoms with E-state index in [1.54, 1.807) is 42.9 Å². The number of aryl methyl sites for hydroxylation is 2. The van der Waals surface area contributed by atoms with Gasteiger partial charge in [0.1, 0.15) is 0 Å². The molecule has 0 fully saturated rings. The monoisotopic (exact) mass is 376 g/mol.